The van der Waals surface area contributed by atoms with Crippen LogP contribution in [0.5, 0.6) is 0 Å². The van der Waals surface area contributed by atoms with Crippen molar-refractivity contribution in [3.8, 4) is 0 Å². The van der Waals surface area contributed by atoms with Crippen molar-refractivity contribution in [1.82, 2.24) is 0 Å². The fourth-order valence-corrected chi connectivity index (χ4v) is 1.76. The van der Waals surface area contributed by atoms with Crippen LogP contribution >= 0.6 is 0 Å². The van der Waals surface area contributed by atoms with E-state index in [1.807, 2.05) is 37.3 Å². The highest BCUT2D eigenvalue weighted by Crippen LogP contribution is 2.01. The van der Waals surface area contributed by atoms with Crippen LogP contribution in [-0.4, -0.2) is 31.0 Å². The van der Waals surface area contributed by atoms with Crippen LogP contribution < -0.4 is 0 Å². The topological polar surface area (TPSA) is 66.7 Å². The fourth-order valence-electron chi connectivity index (χ4n) is 1.26. The molecule has 0 unspecified atom stereocenters. The van der Waals surface area contributed by atoms with E-state index < -0.39 is 10.1 Å². The van der Waals surface area contributed by atoms with Gasteiger partial charge in [-0.1, -0.05) is 30.3 Å². The number of benzene rings is 1. The minimum atomic E-state index is -3.86. The monoisotopic (exact) mass is 241 g/mol. The second-order valence-corrected chi connectivity index (χ2v) is 5.04. The molecule has 0 spiro atoms. The van der Waals surface area contributed by atoms with Crippen LogP contribution in [0.1, 0.15) is 18.9 Å². The van der Waals surface area contributed by atoms with Gasteiger partial charge < -0.3 is 0 Å². The van der Waals surface area contributed by atoms with Gasteiger partial charge in [0.1, 0.15) is 0 Å². The first-order valence-electron chi connectivity index (χ1n) is 5.01. The number of nitrogens with zero attached hydrogens (tertiary/aromatic N) is 1. The molecule has 0 aliphatic rings. The van der Waals surface area contributed by atoms with Crippen LogP contribution in [0.3, 0.4) is 0 Å². The van der Waals surface area contributed by atoms with E-state index in [1.54, 1.807) is 0 Å². The predicted molar refractivity (Wildman–Crippen MR) is 64.6 cm³/mol. The SMILES string of the molecule is CC(=NCCCS(=O)(=O)O)c1ccccc1. The van der Waals surface area contributed by atoms with Gasteiger partial charge >= 0.3 is 0 Å². The third-order valence-corrected chi connectivity index (χ3v) is 2.91. The average Bonchev–Trinajstić information content (AvgIpc) is 2.24. The second kappa shape index (κ2) is 5.77. The second-order valence-electron chi connectivity index (χ2n) is 3.47. The van der Waals surface area contributed by atoms with Gasteiger partial charge in [0, 0.05) is 12.3 Å². The Morgan fingerprint density at radius 2 is 1.94 bits per heavy atom. The smallest absolute Gasteiger partial charge is 0.264 e. The molecule has 16 heavy (non-hydrogen) atoms. The van der Waals surface area contributed by atoms with Crippen LogP contribution in [0, 0.1) is 0 Å². The van der Waals surface area contributed by atoms with E-state index in [0.29, 0.717) is 13.0 Å². The molecule has 0 radical (unpaired) electrons. The quantitative estimate of drug-likeness (QED) is 0.485. The Kier molecular flexibility index (Phi) is 4.64. The van der Waals surface area contributed by atoms with Gasteiger partial charge in [-0.15, -0.1) is 0 Å². The molecular formula is C11H15NO3S. The molecule has 1 aromatic rings. The summed E-state index contributed by atoms with van der Waals surface area (Å²) >= 11 is 0. The van der Waals surface area contributed by atoms with Crippen molar-refractivity contribution in [2.45, 2.75) is 13.3 Å². The molecular weight excluding hydrogens is 226 g/mol. The van der Waals surface area contributed by atoms with Gasteiger partial charge in [-0.3, -0.25) is 9.55 Å². The van der Waals surface area contributed by atoms with Crippen molar-refractivity contribution < 1.29 is 13.0 Å². The molecule has 0 heterocycles. The van der Waals surface area contributed by atoms with Crippen LogP contribution in [0.2, 0.25) is 0 Å². The maximum atomic E-state index is 10.5. The van der Waals surface area contributed by atoms with E-state index in [1.165, 1.54) is 0 Å². The Hall–Kier alpha value is -1.20. The molecule has 0 atom stereocenters. The zero-order valence-electron chi connectivity index (χ0n) is 9.13. The summed E-state index contributed by atoms with van der Waals surface area (Å²) in [6, 6.07) is 9.66. The Labute approximate surface area is 95.8 Å². The van der Waals surface area contributed by atoms with Gasteiger partial charge in [-0.25, -0.2) is 0 Å². The predicted octanol–water partition coefficient (Wildman–Crippen LogP) is 1.77. The molecule has 1 rings (SSSR count). The minimum Gasteiger partial charge on any atom is -0.289 e. The van der Waals surface area contributed by atoms with Gasteiger partial charge in [0.05, 0.1) is 5.75 Å². The van der Waals surface area contributed by atoms with Gasteiger partial charge in [-0.05, 0) is 18.9 Å². The first-order chi connectivity index (χ1) is 7.49. The molecule has 0 saturated carbocycles. The van der Waals surface area contributed by atoms with Crippen molar-refractivity contribution in [3.05, 3.63) is 35.9 Å². The number of aliphatic imine (C=N–C) groups is 1. The molecule has 88 valence electrons. The van der Waals surface area contributed by atoms with Crippen molar-refractivity contribution in [2.24, 2.45) is 4.99 Å². The summed E-state index contributed by atoms with van der Waals surface area (Å²) in [6.45, 7) is 2.28. The molecule has 0 aliphatic carbocycles. The first kappa shape index (κ1) is 12.9. The summed E-state index contributed by atoms with van der Waals surface area (Å²) in [4.78, 5) is 4.24. The Morgan fingerprint density at radius 1 is 1.31 bits per heavy atom. The van der Waals surface area contributed by atoms with Gasteiger partial charge in [0.15, 0.2) is 0 Å². The molecule has 0 saturated heterocycles. The summed E-state index contributed by atoms with van der Waals surface area (Å²) in [6.07, 6.45) is 0.336. The molecule has 0 amide bonds. The molecule has 5 heteroatoms. The summed E-state index contributed by atoms with van der Waals surface area (Å²) in [5, 5.41) is 0. The zero-order chi connectivity index (χ0) is 12.0. The van der Waals surface area contributed by atoms with Crippen LogP contribution in [0.4, 0.5) is 0 Å². The minimum absolute atomic E-state index is 0.238. The third kappa shape index (κ3) is 5.04. The third-order valence-electron chi connectivity index (χ3n) is 2.10. The first-order valence-corrected chi connectivity index (χ1v) is 6.61. The number of hydrogen-bond acceptors (Lipinski definition) is 3. The lowest BCUT2D eigenvalue weighted by molar-refractivity contribution is 0.481. The lowest BCUT2D eigenvalue weighted by Gasteiger charge is -2.00. The average molecular weight is 241 g/mol. The van der Waals surface area contributed by atoms with Crippen LogP contribution in [0.15, 0.2) is 35.3 Å². The standard InChI is InChI=1S/C11H15NO3S/c1-10(11-6-3-2-4-7-11)12-8-5-9-16(13,14)15/h2-4,6-7H,5,8-9H2,1H3,(H,13,14,15). The van der Waals surface area contributed by atoms with Gasteiger partial charge in [0.25, 0.3) is 10.1 Å². The van der Waals surface area contributed by atoms with Crippen LogP contribution in [0.25, 0.3) is 0 Å². The van der Waals surface area contributed by atoms with Crippen molar-refractivity contribution in [1.29, 1.82) is 0 Å². The zero-order valence-corrected chi connectivity index (χ0v) is 9.94. The van der Waals surface area contributed by atoms with E-state index in [-0.39, 0.29) is 5.75 Å². The highest BCUT2D eigenvalue weighted by Gasteiger charge is 2.02. The van der Waals surface area contributed by atoms with E-state index in [2.05, 4.69) is 4.99 Å². The van der Waals surface area contributed by atoms with E-state index in [9.17, 15) is 8.42 Å². The molecule has 1 aromatic carbocycles. The van der Waals surface area contributed by atoms with Crippen LogP contribution in [-0.2, 0) is 10.1 Å². The Bertz CT molecular complexity index is 451. The van der Waals surface area contributed by atoms with Gasteiger partial charge in [0.2, 0.25) is 0 Å². The maximum absolute atomic E-state index is 10.5. The summed E-state index contributed by atoms with van der Waals surface area (Å²) in [5.74, 6) is -0.238. The highest BCUT2D eigenvalue weighted by molar-refractivity contribution is 7.85. The number of hydrogen-bond donors (Lipinski definition) is 1. The lowest BCUT2D eigenvalue weighted by atomic mass is 10.1. The van der Waals surface area contributed by atoms with Gasteiger partial charge in [-0.2, -0.15) is 8.42 Å². The molecule has 0 aliphatic heterocycles. The van der Waals surface area contributed by atoms with E-state index >= 15 is 0 Å². The lowest BCUT2D eigenvalue weighted by Crippen LogP contribution is -2.05. The van der Waals surface area contributed by atoms with E-state index in [0.717, 1.165) is 11.3 Å². The Morgan fingerprint density at radius 3 is 2.50 bits per heavy atom. The molecule has 4 nitrogen and oxygen atoms in total. The molecule has 0 bridgehead atoms. The van der Waals surface area contributed by atoms with Crippen molar-refractivity contribution >= 4 is 15.8 Å². The van der Waals surface area contributed by atoms with E-state index in [4.69, 9.17) is 4.55 Å². The van der Waals surface area contributed by atoms with Crippen molar-refractivity contribution in [3.63, 3.8) is 0 Å². The molecule has 1 N–H and O–H groups in total. The summed E-state index contributed by atoms with van der Waals surface area (Å²) in [7, 11) is -3.86. The normalized spacial score (nSPS) is 12.8. The Balaban J connectivity index is 2.47. The van der Waals surface area contributed by atoms with Crippen molar-refractivity contribution in [2.75, 3.05) is 12.3 Å². The fraction of sp³-hybridized carbons (Fsp3) is 0.364. The summed E-state index contributed by atoms with van der Waals surface area (Å²) in [5.41, 5.74) is 1.89. The molecule has 0 fully saturated rings. The summed E-state index contributed by atoms with van der Waals surface area (Å²) < 4.78 is 29.4. The number of rotatable bonds is 5. The molecule has 0 aromatic heterocycles. The highest BCUT2D eigenvalue weighted by atomic mass is 32.2. The largest absolute Gasteiger partial charge is 0.289 e. The maximum Gasteiger partial charge on any atom is 0.264 e.